The van der Waals surface area contributed by atoms with Gasteiger partial charge in [-0.15, -0.1) is 0 Å². The van der Waals surface area contributed by atoms with Gasteiger partial charge < -0.3 is 11.1 Å². The number of amides is 1. The first-order valence-electron chi connectivity index (χ1n) is 7.48. The summed E-state index contributed by atoms with van der Waals surface area (Å²) in [6, 6.07) is 10.2. The van der Waals surface area contributed by atoms with Crippen molar-refractivity contribution in [2.75, 3.05) is 0 Å². The molecule has 0 aliphatic heterocycles. The van der Waals surface area contributed by atoms with E-state index in [1.165, 1.54) is 12.8 Å². The molecule has 0 saturated heterocycles. The third-order valence-electron chi connectivity index (χ3n) is 3.95. The topological polar surface area (TPSA) is 55.1 Å². The predicted octanol–water partition coefficient (Wildman–Crippen LogP) is 3.02. The summed E-state index contributed by atoms with van der Waals surface area (Å²) in [5.74, 6) is 0.624. The summed E-state index contributed by atoms with van der Waals surface area (Å²) >= 11 is 0. The molecule has 1 aromatic rings. The third kappa shape index (κ3) is 4.07. The van der Waals surface area contributed by atoms with Gasteiger partial charge >= 0.3 is 0 Å². The Bertz CT molecular complexity index is 446. The zero-order valence-electron chi connectivity index (χ0n) is 12.7. The van der Waals surface area contributed by atoms with Gasteiger partial charge in [-0.1, -0.05) is 51.1 Å². The molecule has 1 amide bonds. The van der Waals surface area contributed by atoms with Gasteiger partial charge in [-0.25, -0.2) is 0 Å². The molecule has 1 aliphatic rings. The highest BCUT2D eigenvalue weighted by molar-refractivity contribution is 5.77. The lowest BCUT2D eigenvalue weighted by atomic mass is 9.82. The molecule has 3 N–H and O–H groups in total. The lowest BCUT2D eigenvalue weighted by Crippen LogP contribution is -2.39. The molecular weight excluding hydrogens is 248 g/mol. The van der Waals surface area contributed by atoms with E-state index >= 15 is 0 Å². The van der Waals surface area contributed by atoms with Gasteiger partial charge in [0.1, 0.15) is 0 Å². The van der Waals surface area contributed by atoms with Crippen LogP contribution in [0.15, 0.2) is 30.3 Å². The molecule has 0 aromatic heterocycles. The van der Waals surface area contributed by atoms with E-state index in [9.17, 15) is 4.79 Å². The van der Waals surface area contributed by atoms with E-state index in [1.807, 2.05) is 18.2 Å². The first-order valence-corrected chi connectivity index (χ1v) is 7.48. The molecule has 1 aromatic carbocycles. The van der Waals surface area contributed by atoms with Crippen molar-refractivity contribution in [1.82, 2.24) is 5.32 Å². The van der Waals surface area contributed by atoms with Crippen LogP contribution in [0.2, 0.25) is 0 Å². The van der Waals surface area contributed by atoms with Crippen molar-refractivity contribution < 1.29 is 4.79 Å². The minimum absolute atomic E-state index is 0.0163. The van der Waals surface area contributed by atoms with E-state index in [0.717, 1.165) is 5.56 Å². The van der Waals surface area contributed by atoms with Gasteiger partial charge in [0.15, 0.2) is 0 Å². The smallest absolute Gasteiger partial charge is 0.222 e. The van der Waals surface area contributed by atoms with Crippen molar-refractivity contribution in [2.45, 2.75) is 52.1 Å². The van der Waals surface area contributed by atoms with E-state index in [-0.39, 0.29) is 23.4 Å². The minimum atomic E-state index is -0.0271. The van der Waals surface area contributed by atoms with Crippen molar-refractivity contribution >= 4 is 5.91 Å². The van der Waals surface area contributed by atoms with Crippen LogP contribution in [-0.2, 0) is 4.79 Å². The van der Waals surface area contributed by atoms with Gasteiger partial charge in [0.25, 0.3) is 0 Å². The van der Waals surface area contributed by atoms with Crippen LogP contribution in [0.5, 0.6) is 0 Å². The maximum absolute atomic E-state index is 12.2. The van der Waals surface area contributed by atoms with Gasteiger partial charge in [-0.3, -0.25) is 4.79 Å². The van der Waals surface area contributed by atoms with Crippen LogP contribution in [0, 0.1) is 11.3 Å². The molecule has 0 heterocycles. The highest BCUT2D eigenvalue weighted by atomic mass is 16.1. The average Bonchev–Trinajstić information content (AvgIpc) is 3.20. The Kier molecular flexibility index (Phi) is 4.48. The second-order valence-electron chi connectivity index (χ2n) is 6.98. The first kappa shape index (κ1) is 15.0. The summed E-state index contributed by atoms with van der Waals surface area (Å²) in [6.07, 6.45) is 2.79. The summed E-state index contributed by atoms with van der Waals surface area (Å²) in [7, 11) is 0. The van der Waals surface area contributed by atoms with Gasteiger partial charge in [0.2, 0.25) is 5.91 Å². The summed E-state index contributed by atoms with van der Waals surface area (Å²) in [5.41, 5.74) is 7.16. The van der Waals surface area contributed by atoms with E-state index in [0.29, 0.717) is 12.3 Å². The van der Waals surface area contributed by atoms with Gasteiger partial charge in [-0.05, 0) is 29.7 Å². The Labute approximate surface area is 121 Å². The van der Waals surface area contributed by atoms with Crippen LogP contribution in [0.1, 0.15) is 51.6 Å². The Balaban J connectivity index is 2.02. The summed E-state index contributed by atoms with van der Waals surface area (Å²) < 4.78 is 0. The number of carbonyl (C=O) groups is 1. The number of hydrogen-bond donors (Lipinski definition) is 2. The fraction of sp³-hybridized carbons (Fsp3) is 0.588. The molecule has 2 atom stereocenters. The van der Waals surface area contributed by atoms with Crippen LogP contribution >= 0.6 is 0 Å². The molecule has 20 heavy (non-hydrogen) atoms. The quantitative estimate of drug-likeness (QED) is 0.867. The second kappa shape index (κ2) is 5.96. The number of benzene rings is 1. The zero-order valence-corrected chi connectivity index (χ0v) is 12.7. The van der Waals surface area contributed by atoms with Gasteiger partial charge in [0, 0.05) is 12.5 Å². The summed E-state index contributed by atoms with van der Waals surface area (Å²) in [4.78, 5) is 12.2. The van der Waals surface area contributed by atoms with Crippen molar-refractivity contribution in [3.63, 3.8) is 0 Å². The third-order valence-corrected chi connectivity index (χ3v) is 3.95. The highest BCUT2D eigenvalue weighted by Gasteiger charge is 2.32. The van der Waals surface area contributed by atoms with E-state index < -0.39 is 0 Å². The Morgan fingerprint density at radius 3 is 2.40 bits per heavy atom. The molecule has 3 nitrogen and oxygen atoms in total. The maximum atomic E-state index is 12.2. The average molecular weight is 274 g/mol. The lowest BCUT2D eigenvalue weighted by molar-refractivity contribution is -0.123. The predicted molar refractivity (Wildman–Crippen MR) is 82.1 cm³/mol. The Morgan fingerprint density at radius 1 is 1.30 bits per heavy atom. The fourth-order valence-electron chi connectivity index (χ4n) is 2.57. The monoisotopic (exact) mass is 274 g/mol. The molecule has 0 spiro atoms. The van der Waals surface area contributed by atoms with Crippen molar-refractivity contribution in [1.29, 1.82) is 0 Å². The normalized spacial score (nSPS) is 18.4. The molecular formula is C17H26N2O. The molecule has 0 bridgehead atoms. The maximum Gasteiger partial charge on any atom is 0.222 e. The van der Waals surface area contributed by atoms with E-state index in [1.54, 1.807) is 0 Å². The van der Waals surface area contributed by atoms with Crippen LogP contribution < -0.4 is 11.1 Å². The molecule has 1 fully saturated rings. The van der Waals surface area contributed by atoms with Gasteiger partial charge in [0.05, 0.1) is 6.04 Å². The minimum Gasteiger partial charge on any atom is -0.349 e. The highest BCUT2D eigenvalue weighted by Crippen LogP contribution is 2.34. The van der Waals surface area contributed by atoms with Gasteiger partial charge in [-0.2, -0.15) is 0 Å². The fourth-order valence-corrected chi connectivity index (χ4v) is 2.57. The molecule has 110 valence electrons. The van der Waals surface area contributed by atoms with Crippen LogP contribution in [-0.4, -0.2) is 11.9 Å². The number of nitrogens with two attached hydrogens (primary N) is 1. The largest absolute Gasteiger partial charge is 0.349 e. The number of carbonyl (C=O) groups excluding carboxylic acids is 1. The second-order valence-corrected chi connectivity index (χ2v) is 6.98. The van der Waals surface area contributed by atoms with Crippen LogP contribution in [0.3, 0.4) is 0 Å². The number of rotatable bonds is 5. The Hall–Kier alpha value is -1.35. The van der Waals surface area contributed by atoms with Crippen LogP contribution in [0.4, 0.5) is 0 Å². The van der Waals surface area contributed by atoms with E-state index in [4.69, 9.17) is 5.73 Å². The number of hydrogen-bond acceptors (Lipinski definition) is 2. The molecule has 0 radical (unpaired) electrons. The standard InChI is InChI=1S/C17H26N2O/c1-17(2,3)16(13-7-5-4-6-8-13)19-15(20)11-14(18)12-9-10-12/h4-8,12,14,16H,9-11,18H2,1-3H3,(H,19,20). The van der Waals surface area contributed by atoms with E-state index in [2.05, 4.69) is 38.2 Å². The van der Waals surface area contributed by atoms with Crippen molar-refractivity contribution in [3.05, 3.63) is 35.9 Å². The summed E-state index contributed by atoms with van der Waals surface area (Å²) in [6.45, 7) is 6.43. The molecule has 2 rings (SSSR count). The van der Waals surface area contributed by atoms with Crippen molar-refractivity contribution in [3.8, 4) is 0 Å². The molecule has 1 aliphatic carbocycles. The zero-order chi connectivity index (χ0) is 14.8. The summed E-state index contributed by atoms with van der Waals surface area (Å²) in [5, 5.41) is 3.17. The lowest BCUT2D eigenvalue weighted by Gasteiger charge is -2.32. The molecule has 3 heteroatoms. The SMILES string of the molecule is CC(C)(C)C(NC(=O)CC(N)C1CC1)c1ccccc1. The molecule has 1 saturated carbocycles. The molecule has 2 unspecified atom stereocenters. The number of nitrogens with one attached hydrogen (secondary N) is 1. The first-order chi connectivity index (χ1) is 9.38. The Morgan fingerprint density at radius 2 is 1.90 bits per heavy atom. The van der Waals surface area contributed by atoms with Crippen molar-refractivity contribution in [2.24, 2.45) is 17.1 Å². The van der Waals surface area contributed by atoms with Crippen LogP contribution in [0.25, 0.3) is 0 Å².